The van der Waals surface area contributed by atoms with Crippen LogP contribution >= 0.6 is 0 Å². The largest absolute Gasteiger partial charge is 0.487 e. The molecule has 38 heavy (non-hydrogen) atoms. The predicted molar refractivity (Wildman–Crippen MR) is 136 cm³/mol. The summed E-state index contributed by atoms with van der Waals surface area (Å²) in [7, 11) is 0. The first-order chi connectivity index (χ1) is 17.9. The minimum atomic E-state index is -1.19. The number of pyridine rings is 1. The van der Waals surface area contributed by atoms with Gasteiger partial charge < -0.3 is 23.5 Å². The van der Waals surface area contributed by atoms with Gasteiger partial charge in [-0.2, -0.15) is 0 Å². The fraction of sp³-hybridized carbons (Fsp3) is 0.704. The van der Waals surface area contributed by atoms with Crippen LogP contribution in [0.25, 0.3) is 0 Å². The van der Waals surface area contributed by atoms with Crippen LogP contribution in [0.4, 0.5) is 9.18 Å². The highest BCUT2D eigenvalue weighted by molar-refractivity contribution is 5.94. The normalized spacial score (nSPS) is 22.3. The molecule has 1 amide bonds. The van der Waals surface area contributed by atoms with Crippen molar-refractivity contribution < 1.29 is 37.7 Å². The number of ether oxygens (including phenoxy) is 4. The van der Waals surface area contributed by atoms with E-state index in [0.717, 1.165) is 6.42 Å². The number of nitrogens with zero attached hydrogens (tertiary/aromatic N) is 2. The Labute approximate surface area is 222 Å². The summed E-state index contributed by atoms with van der Waals surface area (Å²) in [6, 6.07) is -1.20. The number of amides is 1. The van der Waals surface area contributed by atoms with Gasteiger partial charge in [-0.15, -0.1) is 0 Å². The van der Waals surface area contributed by atoms with Gasteiger partial charge in [0.05, 0.1) is 31.9 Å². The molecule has 0 N–H and O–H groups in total. The molecule has 1 aromatic rings. The maximum Gasteiger partial charge on any atom is 0.410 e. The molecule has 1 aliphatic heterocycles. The van der Waals surface area contributed by atoms with E-state index in [1.807, 2.05) is 6.92 Å². The first-order valence-corrected chi connectivity index (χ1v) is 13.3. The maximum absolute atomic E-state index is 14.8. The molecule has 0 spiro atoms. The zero-order chi connectivity index (χ0) is 28.2. The van der Waals surface area contributed by atoms with Crippen LogP contribution in [0.5, 0.6) is 5.75 Å². The van der Waals surface area contributed by atoms with Gasteiger partial charge in [0.1, 0.15) is 17.3 Å². The molecule has 4 atom stereocenters. The van der Waals surface area contributed by atoms with Crippen LogP contribution in [0, 0.1) is 5.92 Å². The molecule has 10 nitrogen and oxygen atoms in total. The number of hydrogen-bond acceptors (Lipinski definition) is 8. The number of carbonyl (C=O) groups is 3. The van der Waals surface area contributed by atoms with Crippen molar-refractivity contribution in [3.05, 3.63) is 27.7 Å². The summed E-state index contributed by atoms with van der Waals surface area (Å²) in [5.41, 5.74) is -2.04. The van der Waals surface area contributed by atoms with Crippen molar-refractivity contribution in [3.63, 3.8) is 0 Å². The van der Waals surface area contributed by atoms with Crippen LogP contribution < -0.4 is 10.2 Å². The number of fused-ring (bicyclic) bond motifs is 2. The Morgan fingerprint density at radius 3 is 2.32 bits per heavy atom. The van der Waals surface area contributed by atoms with Gasteiger partial charge in [0.15, 0.2) is 11.4 Å². The Morgan fingerprint density at radius 1 is 1.05 bits per heavy atom. The van der Waals surface area contributed by atoms with E-state index in [1.165, 1.54) is 15.7 Å². The number of likely N-dealkylation sites (tertiary alicyclic amines) is 1. The van der Waals surface area contributed by atoms with Crippen molar-refractivity contribution in [2.45, 2.75) is 97.6 Å². The van der Waals surface area contributed by atoms with Gasteiger partial charge in [0.2, 0.25) is 5.43 Å². The Balaban J connectivity index is 2.12. The average Bonchev–Trinajstić information content (AvgIpc) is 3.37. The summed E-state index contributed by atoms with van der Waals surface area (Å²) in [4.78, 5) is 53.7. The van der Waals surface area contributed by atoms with Gasteiger partial charge >= 0.3 is 18.0 Å². The number of alkyl halides is 1. The summed E-state index contributed by atoms with van der Waals surface area (Å²) in [5, 5.41) is 0. The van der Waals surface area contributed by atoms with E-state index in [-0.39, 0.29) is 55.7 Å². The molecular weight excluding hydrogens is 499 g/mol. The highest BCUT2D eigenvalue weighted by Crippen LogP contribution is 2.45. The SMILES string of the molecule is CCCCOc1c(C(=O)OCC)n(C[C@@H]2[C@@H]3CC([C@@H](F)C3)N2C(=O)OC(C)(C)C)cc(C(=O)OCC)c1=O. The molecule has 1 saturated carbocycles. The van der Waals surface area contributed by atoms with E-state index in [9.17, 15) is 23.6 Å². The number of esters is 2. The number of rotatable bonds is 10. The molecule has 2 heterocycles. The molecule has 3 rings (SSSR count). The average molecular weight is 539 g/mol. The zero-order valence-electron chi connectivity index (χ0n) is 23.1. The van der Waals surface area contributed by atoms with E-state index in [1.54, 1.807) is 34.6 Å². The fourth-order valence-electron chi connectivity index (χ4n) is 5.10. The number of unbranched alkanes of at least 4 members (excludes halogenated alkanes) is 1. The van der Waals surface area contributed by atoms with Crippen LogP contribution in [-0.4, -0.2) is 71.2 Å². The molecule has 2 fully saturated rings. The van der Waals surface area contributed by atoms with Crippen molar-refractivity contribution in [3.8, 4) is 5.75 Å². The highest BCUT2D eigenvalue weighted by Gasteiger charge is 2.54. The minimum absolute atomic E-state index is 0.00188. The first kappa shape index (κ1) is 29.4. The zero-order valence-corrected chi connectivity index (χ0v) is 23.1. The molecule has 2 bridgehead atoms. The molecule has 0 aromatic carbocycles. The quantitative estimate of drug-likeness (QED) is 0.248. The molecule has 1 aromatic heterocycles. The van der Waals surface area contributed by atoms with Crippen LogP contribution in [-0.2, 0) is 20.8 Å². The Hall–Kier alpha value is -3.11. The lowest BCUT2D eigenvalue weighted by Gasteiger charge is -2.38. The predicted octanol–water partition coefficient (Wildman–Crippen LogP) is 4.12. The number of piperidine rings is 1. The number of carbonyl (C=O) groups excluding carboxylic acids is 3. The van der Waals surface area contributed by atoms with E-state index < -0.39 is 47.3 Å². The highest BCUT2D eigenvalue weighted by atomic mass is 19.1. The molecule has 2 aliphatic rings. The van der Waals surface area contributed by atoms with Gasteiger partial charge in [-0.05, 0) is 59.8 Å². The van der Waals surface area contributed by atoms with Crippen molar-refractivity contribution in [1.82, 2.24) is 9.47 Å². The summed E-state index contributed by atoms with van der Waals surface area (Å²) in [6.45, 7) is 10.6. The van der Waals surface area contributed by atoms with E-state index in [2.05, 4.69) is 0 Å². The number of hydrogen-bond donors (Lipinski definition) is 0. The van der Waals surface area contributed by atoms with Crippen molar-refractivity contribution >= 4 is 18.0 Å². The summed E-state index contributed by atoms with van der Waals surface area (Å²) in [6.07, 6.45) is 1.50. The third kappa shape index (κ3) is 6.30. The van der Waals surface area contributed by atoms with Crippen molar-refractivity contribution in [1.29, 1.82) is 0 Å². The Bertz CT molecular complexity index is 1100. The van der Waals surface area contributed by atoms with Crippen LogP contribution in [0.3, 0.4) is 0 Å². The molecule has 1 aliphatic carbocycles. The second-order valence-electron chi connectivity index (χ2n) is 10.6. The van der Waals surface area contributed by atoms with Gasteiger partial charge in [0.25, 0.3) is 0 Å². The van der Waals surface area contributed by atoms with Crippen LogP contribution in [0.2, 0.25) is 0 Å². The van der Waals surface area contributed by atoms with Crippen molar-refractivity contribution in [2.24, 2.45) is 5.92 Å². The van der Waals surface area contributed by atoms with Gasteiger partial charge in [-0.1, -0.05) is 13.3 Å². The van der Waals surface area contributed by atoms with Crippen LogP contribution in [0.15, 0.2) is 11.0 Å². The molecule has 212 valence electrons. The maximum atomic E-state index is 14.8. The van der Waals surface area contributed by atoms with E-state index in [4.69, 9.17) is 18.9 Å². The van der Waals surface area contributed by atoms with Crippen molar-refractivity contribution in [2.75, 3.05) is 19.8 Å². The second-order valence-corrected chi connectivity index (χ2v) is 10.6. The molecule has 11 heteroatoms. The van der Waals surface area contributed by atoms with E-state index >= 15 is 0 Å². The smallest absolute Gasteiger partial charge is 0.410 e. The monoisotopic (exact) mass is 538 g/mol. The summed E-state index contributed by atoms with van der Waals surface area (Å²) in [5.74, 6) is -2.17. The first-order valence-electron chi connectivity index (χ1n) is 13.3. The van der Waals surface area contributed by atoms with Gasteiger partial charge in [-0.3, -0.25) is 9.69 Å². The lowest BCUT2D eigenvalue weighted by Crippen LogP contribution is -2.52. The molecule has 1 unspecified atom stereocenters. The Morgan fingerprint density at radius 2 is 1.71 bits per heavy atom. The number of halogens is 1. The number of aromatic nitrogens is 1. The van der Waals surface area contributed by atoms with Crippen LogP contribution in [0.1, 0.15) is 88.1 Å². The molecular formula is C27H39FN2O8. The Kier molecular flexibility index (Phi) is 9.43. The third-order valence-corrected chi connectivity index (χ3v) is 6.68. The topological polar surface area (TPSA) is 113 Å². The minimum Gasteiger partial charge on any atom is -0.487 e. The summed E-state index contributed by atoms with van der Waals surface area (Å²) >= 11 is 0. The third-order valence-electron chi connectivity index (χ3n) is 6.68. The van der Waals surface area contributed by atoms with Gasteiger partial charge in [-0.25, -0.2) is 18.8 Å². The standard InChI is InChI=1S/C27H39FN2O8/c1-7-10-11-37-23-21(25(33)36-9-3)29(14-17(22(23)31)24(32)35-8-2)15-20-16-12-18(28)19(13-16)30(20)26(34)38-27(4,5)6/h14,16,18-20H,7-13,15H2,1-6H3/t16-,18-,19?,20+/m0/s1. The lowest BCUT2D eigenvalue weighted by atomic mass is 9.97. The fourth-order valence-corrected chi connectivity index (χ4v) is 5.10. The van der Waals surface area contributed by atoms with E-state index in [0.29, 0.717) is 12.8 Å². The summed E-state index contributed by atoms with van der Waals surface area (Å²) < 4.78 is 37.8. The second kappa shape index (κ2) is 12.2. The van der Waals surface area contributed by atoms with Gasteiger partial charge in [0, 0.05) is 12.7 Å². The molecule has 0 radical (unpaired) electrons. The lowest BCUT2D eigenvalue weighted by molar-refractivity contribution is -0.00698. The molecule has 1 saturated heterocycles.